The third-order valence-electron chi connectivity index (χ3n) is 2.67. The second-order valence-electron chi connectivity index (χ2n) is 5.39. The van der Waals surface area contributed by atoms with Gasteiger partial charge in [-0.2, -0.15) is 0 Å². The van der Waals surface area contributed by atoms with E-state index in [1.165, 1.54) is 6.07 Å². The van der Waals surface area contributed by atoms with Gasteiger partial charge in [0.15, 0.2) is 5.75 Å². The van der Waals surface area contributed by atoms with Gasteiger partial charge >= 0.3 is 6.16 Å². The summed E-state index contributed by atoms with van der Waals surface area (Å²) in [7, 11) is 1.00. The lowest BCUT2D eigenvalue weighted by Gasteiger charge is -2.27. The van der Waals surface area contributed by atoms with Gasteiger partial charge in [0.2, 0.25) is 0 Å². The molecule has 0 aliphatic rings. The largest absolute Gasteiger partial charge is 0.513 e. The number of hydrogen-bond donors (Lipinski definition) is 0. The molecule has 3 nitrogen and oxygen atoms in total. The molecule has 0 amide bonds. The first-order valence-corrected chi connectivity index (χ1v) is 6.61. The highest BCUT2D eigenvalue weighted by molar-refractivity contribution is 9.10. The normalized spacial score (nSPS) is 20.8. The van der Waals surface area contributed by atoms with Crippen LogP contribution >= 0.6 is 15.9 Å². The van der Waals surface area contributed by atoms with Crippen LogP contribution in [-0.4, -0.2) is 13.3 Å². The van der Waals surface area contributed by atoms with Crippen molar-refractivity contribution in [1.82, 2.24) is 0 Å². The number of ether oxygens (including phenoxy) is 2. The summed E-state index contributed by atoms with van der Waals surface area (Å²) in [4.78, 5) is 11.8. The molecule has 0 bridgehead atoms. The molecular weight excluding hydrogens is 320 g/mol. The first-order valence-electron chi connectivity index (χ1n) is 10.3. The monoisotopic (exact) mass is 351 g/mol. The number of rotatable bonds is 1. The fourth-order valence-corrected chi connectivity index (χ4v) is 2.07. The summed E-state index contributed by atoms with van der Waals surface area (Å²) in [6, 6.07) is 2.67. The summed E-state index contributed by atoms with van der Waals surface area (Å²) in [5, 5.41) is 0. The van der Waals surface area contributed by atoms with Crippen LogP contribution in [0.5, 0.6) is 5.75 Å². The van der Waals surface area contributed by atoms with E-state index in [2.05, 4.69) is 20.7 Å². The SMILES string of the molecule is [2H]C([2H])([2H])C(c1cc(C(C)(C)C)cc(Br)c1OC(=O)OC)(C([2H])([2H])[2H])C([2H])([2H])[2H]. The molecule has 0 aliphatic carbocycles. The van der Waals surface area contributed by atoms with Gasteiger partial charge in [-0.25, -0.2) is 4.79 Å². The predicted molar refractivity (Wildman–Crippen MR) is 84.6 cm³/mol. The molecule has 0 spiro atoms. The van der Waals surface area contributed by atoms with Crippen LogP contribution in [0.15, 0.2) is 16.6 Å². The zero-order chi connectivity index (χ0) is 23.2. The highest BCUT2D eigenvalue weighted by Gasteiger charge is 2.26. The second-order valence-corrected chi connectivity index (χ2v) is 6.25. The third-order valence-corrected chi connectivity index (χ3v) is 3.25. The van der Waals surface area contributed by atoms with Gasteiger partial charge < -0.3 is 9.47 Å². The Bertz CT molecular complexity index is 738. The average Bonchev–Trinajstić information content (AvgIpc) is 2.44. The molecule has 4 heteroatoms. The van der Waals surface area contributed by atoms with E-state index in [9.17, 15) is 4.79 Å². The fourth-order valence-electron chi connectivity index (χ4n) is 1.53. The first kappa shape index (κ1) is 7.83. The van der Waals surface area contributed by atoms with Crippen LogP contribution in [0.3, 0.4) is 0 Å². The van der Waals surface area contributed by atoms with E-state index in [0.29, 0.717) is 5.56 Å². The van der Waals surface area contributed by atoms with Crippen molar-refractivity contribution in [3.05, 3.63) is 27.7 Å². The standard InChI is InChI=1S/C16H23BrO3/c1-15(2,3)10-8-11(16(4,5)6)13(12(17)9-10)20-14(18)19-7/h8-9H,1-7H3/i4D3,5D3,6D3. The molecule has 1 aromatic carbocycles. The summed E-state index contributed by atoms with van der Waals surface area (Å²) >= 11 is 3.16. The third kappa shape index (κ3) is 3.98. The summed E-state index contributed by atoms with van der Waals surface area (Å²) in [5.74, 6) is -0.534. The molecule has 0 aromatic heterocycles. The van der Waals surface area contributed by atoms with Gasteiger partial charge in [-0.1, -0.05) is 47.4 Å². The van der Waals surface area contributed by atoms with Gasteiger partial charge in [0.25, 0.3) is 0 Å². The smallest absolute Gasteiger partial charge is 0.437 e. The number of hydrogen-bond acceptors (Lipinski definition) is 3. The molecule has 0 saturated heterocycles. The van der Waals surface area contributed by atoms with Gasteiger partial charge in [-0.3, -0.25) is 0 Å². The van der Waals surface area contributed by atoms with Gasteiger partial charge in [0, 0.05) is 17.9 Å². The maximum atomic E-state index is 11.8. The molecule has 112 valence electrons. The van der Waals surface area contributed by atoms with Crippen molar-refractivity contribution in [1.29, 1.82) is 0 Å². The lowest BCUT2D eigenvalue weighted by Crippen LogP contribution is -2.19. The maximum Gasteiger partial charge on any atom is 0.513 e. The van der Waals surface area contributed by atoms with E-state index in [-0.39, 0.29) is 4.47 Å². The summed E-state index contributed by atoms with van der Waals surface area (Å²) in [6.45, 7) is -5.18. The van der Waals surface area contributed by atoms with E-state index < -0.39 is 48.9 Å². The Balaban J connectivity index is 4.26. The number of carbonyl (C=O) groups is 1. The average molecular weight is 352 g/mol. The van der Waals surface area contributed by atoms with Crippen molar-refractivity contribution in [3.8, 4) is 5.75 Å². The lowest BCUT2D eigenvalue weighted by molar-refractivity contribution is 0.120. The lowest BCUT2D eigenvalue weighted by atomic mass is 9.80. The quantitative estimate of drug-likeness (QED) is 0.515. The molecular formula is C16H23BrO3. The molecule has 0 aliphatic heterocycles. The molecule has 0 N–H and O–H groups in total. The van der Waals surface area contributed by atoms with Gasteiger partial charge in [0.05, 0.1) is 11.6 Å². The minimum atomic E-state index is -3.51. The van der Waals surface area contributed by atoms with E-state index >= 15 is 0 Å². The maximum absolute atomic E-state index is 11.8. The van der Waals surface area contributed by atoms with Crippen LogP contribution in [0.4, 0.5) is 4.79 Å². The minimum Gasteiger partial charge on any atom is -0.437 e. The van der Waals surface area contributed by atoms with E-state index in [4.69, 9.17) is 17.1 Å². The number of carbonyl (C=O) groups excluding carboxylic acids is 1. The Morgan fingerprint density at radius 3 is 2.25 bits per heavy atom. The summed E-state index contributed by atoms with van der Waals surface area (Å²) in [6.07, 6.45) is -1.26. The molecule has 0 saturated carbocycles. The topological polar surface area (TPSA) is 35.5 Å². The van der Waals surface area contributed by atoms with Crippen LogP contribution in [-0.2, 0) is 15.6 Å². The zero-order valence-corrected chi connectivity index (χ0v) is 13.3. The van der Waals surface area contributed by atoms with Crippen LogP contribution in [0.1, 0.15) is 64.8 Å². The molecule has 1 rings (SSSR count). The van der Waals surface area contributed by atoms with Crippen molar-refractivity contribution in [2.24, 2.45) is 0 Å². The van der Waals surface area contributed by atoms with Crippen LogP contribution in [0, 0.1) is 0 Å². The Kier molecular flexibility index (Phi) is 2.26. The fraction of sp³-hybridized carbons (Fsp3) is 0.562. The van der Waals surface area contributed by atoms with Crippen LogP contribution in [0.25, 0.3) is 0 Å². The molecule has 20 heavy (non-hydrogen) atoms. The van der Waals surface area contributed by atoms with Crippen molar-refractivity contribution in [3.63, 3.8) is 0 Å². The molecule has 0 atom stereocenters. The van der Waals surface area contributed by atoms with Crippen molar-refractivity contribution < 1.29 is 26.6 Å². The highest BCUT2D eigenvalue weighted by atomic mass is 79.9. The Hall–Kier alpha value is -1.03. The summed E-state index contributed by atoms with van der Waals surface area (Å²) < 4.78 is 80.9. The highest BCUT2D eigenvalue weighted by Crippen LogP contribution is 2.40. The van der Waals surface area contributed by atoms with Crippen molar-refractivity contribution >= 4 is 22.1 Å². The molecule has 0 unspecified atom stereocenters. The van der Waals surface area contributed by atoms with Crippen LogP contribution in [0.2, 0.25) is 0 Å². The minimum absolute atomic E-state index is 0.0208. The van der Waals surface area contributed by atoms with Crippen molar-refractivity contribution in [2.45, 2.75) is 52.2 Å². The molecule has 1 aromatic rings. The first-order chi connectivity index (χ1) is 12.7. The Morgan fingerprint density at radius 2 is 1.80 bits per heavy atom. The van der Waals surface area contributed by atoms with E-state index in [1.54, 1.807) is 20.8 Å². The van der Waals surface area contributed by atoms with Gasteiger partial charge in [-0.05, 0) is 38.4 Å². The van der Waals surface area contributed by atoms with Gasteiger partial charge in [-0.15, -0.1) is 0 Å². The molecule has 0 fully saturated rings. The predicted octanol–water partition coefficient (Wildman–Crippen LogP) is 5.19. The van der Waals surface area contributed by atoms with E-state index in [0.717, 1.165) is 13.2 Å². The van der Waals surface area contributed by atoms with Crippen LogP contribution < -0.4 is 4.74 Å². The second kappa shape index (κ2) is 5.76. The molecule has 0 heterocycles. The Morgan fingerprint density at radius 1 is 1.20 bits per heavy atom. The molecule has 0 radical (unpaired) electrons. The van der Waals surface area contributed by atoms with Crippen molar-refractivity contribution in [2.75, 3.05) is 7.11 Å². The summed E-state index contributed by atoms with van der Waals surface area (Å²) in [5.41, 5.74) is -4.15. The number of methoxy groups -OCH3 is 1. The van der Waals surface area contributed by atoms with Gasteiger partial charge in [0.1, 0.15) is 0 Å². The Labute approximate surface area is 142 Å². The number of benzene rings is 1. The number of halogens is 1. The zero-order valence-electron chi connectivity index (χ0n) is 20.8. The van der Waals surface area contributed by atoms with E-state index in [1.807, 2.05) is 0 Å².